The van der Waals surface area contributed by atoms with Crippen molar-refractivity contribution in [1.29, 1.82) is 0 Å². The molecule has 0 unspecified atom stereocenters. The summed E-state index contributed by atoms with van der Waals surface area (Å²) in [5.41, 5.74) is 4.60. The molecule has 1 aromatic carbocycles. The topological polar surface area (TPSA) is 55.1 Å². The average molecular weight is 296 g/mol. The average Bonchev–Trinajstić information content (AvgIpc) is 3.16. The molecule has 6 heteroatoms. The van der Waals surface area contributed by atoms with E-state index in [0.717, 1.165) is 5.56 Å². The molecule has 1 fully saturated rings. The maximum atomic E-state index is 12.9. The lowest BCUT2D eigenvalue weighted by Gasteiger charge is -2.21. The Labute approximate surface area is 120 Å². The molecule has 0 heterocycles. The molecule has 2 rings (SSSR count). The number of hydrogen-bond donors (Lipinski definition) is 2. The van der Waals surface area contributed by atoms with Gasteiger partial charge in [0.15, 0.2) is 0 Å². The van der Waals surface area contributed by atoms with Crippen molar-refractivity contribution >= 4 is 5.91 Å². The van der Waals surface area contributed by atoms with Gasteiger partial charge in [-0.15, -0.1) is 0 Å². The van der Waals surface area contributed by atoms with Crippen LogP contribution in [0.2, 0.25) is 0 Å². The van der Waals surface area contributed by atoms with Crippen LogP contribution in [-0.4, -0.2) is 24.2 Å². The third-order valence-electron chi connectivity index (χ3n) is 3.39. The molecule has 0 bridgehead atoms. The minimum atomic E-state index is -4.43. The second-order valence-corrected chi connectivity index (χ2v) is 5.09. The van der Waals surface area contributed by atoms with E-state index in [1.807, 2.05) is 6.92 Å². The third kappa shape index (κ3) is 3.19. The molecule has 112 valence electrons. The number of halogens is 3. The first-order valence-corrected chi connectivity index (χ1v) is 6.48. The molecule has 3 nitrogen and oxygen atoms in total. The highest BCUT2D eigenvalue weighted by Crippen LogP contribution is 2.49. The predicted molar refractivity (Wildman–Crippen MR) is 72.6 cm³/mol. The summed E-state index contributed by atoms with van der Waals surface area (Å²) in [6.45, 7) is 1.93. The summed E-state index contributed by atoms with van der Waals surface area (Å²) in [4.78, 5) is 12.1. The van der Waals surface area contributed by atoms with E-state index in [-0.39, 0.29) is 24.9 Å². The van der Waals surface area contributed by atoms with E-state index < -0.39 is 17.6 Å². The zero-order valence-corrected chi connectivity index (χ0v) is 11.5. The number of alkyl halides is 3. The van der Waals surface area contributed by atoms with Gasteiger partial charge in [0, 0.05) is 5.56 Å². The Kier molecular flexibility index (Phi) is 3.97. The minimum absolute atomic E-state index is 0.0854. The van der Waals surface area contributed by atoms with Gasteiger partial charge in [0.25, 0.3) is 5.91 Å². The van der Waals surface area contributed by atoms with Crippen LogP contribution in [0, 0.1) is 18.8 Å². The molecule has 0 atom stereocenters. The van der Waals surface area contributed by atoms with Crippen molar-refractivity contribution in [1.82, 2.24) is 5.32 Å². The highest BCUT2D eigenvalue weighted by Gasteiger charge is 2.64. The lowest BCUT2D eigenvalue weighted by Crippen LogP contribution is -2.48. The number of carbonyl (C=O) groups is 1. The minimum Gasteiger partial charge on any atom is -0.338 e. The summed E-state index contributed by atoms with van der Waals surface area (Å²) in [5.74, 6) is 4.58. The molecule has 0 radical (unpaired) electrons. The first-order chi connectivity index (χ1) is 9.79. The smallest absolute Gasteiger partial charge is 0.338 e. The first kappa shape index (κ1) is 15.4. The van der Waals surface area contributed by atoms with Gasteiger partial charge in [-0.25, -0.2) is 0 Å². The van der Waals surface area contributed by atoms with E-state index in [1.54, 1.807) is 12.1 Å². The fraction of sp³-hybridized carbons (Fsp3) is 0.400. The Bertz CT molecular complexity index is 622. The van der Waals surface area contributed by atoms with Crippen molar-refractivity contribution in [2.45, 2.75) is 31.5 Å². The Morgan fingerprint density at radius 2 is 2.10 bits per heavy atom. The van der Waals surface area contributed by atoms with Crippen molar-refractivity contribution < 1.29 is 18.0 Å². The lowest BCUT2D eigenvalue weighted by atomic mass is 10.0. The van der Waals surface area contributed by atoms with Gasteiger partial charge in [0.1, 0.15) is 5.54 Å². The van der Waals surface area contributed by atoms with Crippen molar-refractivity contribution in [3.63, 3.8) is 0 Å². The predicted octanol–water partition coefficient (Wildman–Crippen LogP) is 2.13. The highest BCUT2D eigenvalue weighted by atomic mass is 19.4. The van der Waals surface area contributed by atoms with Gasteiger partial charge in [-0.3, -0.25) is 4.79 Å². The molecular weight excluding hydrogens is 281 g/mol. The summed E-state index contributed by atoms with van der Waals surface area (Å²) >= 11 is 0. The van der Waals surface area contributed by atoms with E-state index >= 15 is 0 Å². The molecule has 1 aliphatic rings. The van der Waals surface area contributed by atoms with E-state index in [2.05, 4.69) is 17.2 Å². The molecular formula is C15H15F3N2O. The highest BCUT2D eigenvalue weighted by molar-refractivity contribution is 5.97. The fourth-order valence-corrected chi connectivity index (χ4v) is 1.99. The number of hydrogen-bond acceptors (Lipinski definition) is 2. The van der Waals surface area contributed by atoms with Gasteiger partial charge < -0.3 is 11.1 Å². The fourth-order valence-electron chi connectivity index (χ4n) is 1.99. The van der Waals surface area contributed by atoms with Gasteiger partial charge in [0.05, 0.1) is 12.1 Å². The molecule has 1 aromatic rings. The van der Waals surface area contributed by atoms with Crippen molar-refractivity contribution in [3.8, 4) is 11.8 Å². The number of carbonyl (C=O) groups excluding carboxylic acids is 1. The van der Waals surface area contributed by atoms with Crippen LogP contribution in [0.5, 0.6) is 0 Å². The summed E-state index contributed by atoms with van der Waals surface area (Å²) in [6.07, 6.45) is -4.60. The van der Waals surface area contributed by atoms with Gasteiger partial charge in [0.2, 0.25) is 0 Å². The molecule has 3 N–H and O–H groups in total. The zero-order valence-electron chi connectivity index (χ0n) is 11.5. The van der Waals surface area contributed by atoms with Crippen LogP contribution in [0.1, 0.15) is 34.3 Å². The molecule has 0 spiro atoms. The van der Waals surface area contributed by atoms with Crippen LogP contribution in [0.4, 0.5) is 13.2 Å². The SMILES string of the molecule is Cc1ccc(C(=O)NC2(C(F)(F)F)CC2)c(C#CCN)c1. The van der Waals surface area contributed by atoms with Crippen LogP contribution in [0.3, 0.4) is 0 Å². The van der Waals surface area contributed by atoms with Crippen molar-refractivity contribution in [2.24, 2.45) is 5.73 Å². The van der Waals surface area contributed by atoms with Crippen LogP contribution in [0.15, 0.2) is 18.2 Å². The number of benzene rings is 1. The zero-order chi connectivity index (χ0) is 15.7. The molecule has 0 aliphatic heterocycles. The number of nitrogens with two attached hydrogens (primary N) is 1. The largest absolute Gasteiger partial charge is 0.411 e. The molecule has 1 aliphatic carbocycles. The maximum Gasteiger partial charge on any atom is 0.411 e. The Morgan fingerprint density at radius 3 is 2.62 bits per heavy atom. The van der Waals surface area contributed by atoms with Crippen LogP contribution >= 0.6 is 0 Å². The summed E-state index contributed by atoms with van der Waals surface area (Å²) in [5, 5.41) is 2.10. The summed E-state index contributed by atoms with van der Waals surface area (Å²) in [7, 11) is 0. The Morgan fingerprint density at radius 1 is 1.43 bits per heavy atom. The van der Waals surface area contributed by atoms with Gasteiger partial charge in [-0.1, -0.05) is 17.9 Å². The standard InChI is InChI=1S/C15H15F3N2O/c1-10-4-5-12(11(9-10)3-2-8-19)13(21)20-14(6-7-14)15(16,17)18/h4-5,9H,6-8,19H2,1H3,(H,20,21). The number of nitrogens with one attached hydrogen (secondary N) is 1. The molecule has 1 saturated carbocycles. The maximum absolute atomic E-state index is 12.9. The quantitative estimate of drug-likeness (QED) is 0.822. The third-order valence-corrected chi connectivity index (χ3v) is 3.39. The van der Waals surface area contributed by atoms with Crippen LogP contribution < -0.4 is 11.1 Å². The lowest BCUT2D eigenvalue weighted by molar-refractivity contribution is -0.163. The van der Waals surface area contributed by atoms with E-state index in [9.17, 15) is 18.0 Å². The van der Waals surface area contributed by atoms with Gasteiger partial charge in [-0.2, -0.15) is 13.2 Å². The number of aryl methyl sites for hydroxylation is 1. The summed E-state index contributed by atoms with van der Waals surface area (Å²) < 4.78 is 38.6. The van der Waals surface area contributed by atoms with Crippen LogP contribution in [0.25, 0.3) is 0 Å². The van der Waals surface area contributed by atoms with E-state index in [1.165, 1.54) is 6.07 Å². The molecule has 0 aromatic heterocycles. The monoisotopic (exact) mass is 296 g/mol. The van der Waals surface area contributed by atoms with Crippen molar-refractivity contribution in [2.75, 3.05) is 6.54 Å². The molecule has 1 amide bonds. The molecule has 21 heavy (non-hydrogen) atoms. The van der Waals surface area contributed by atoms with Crippen LogP contribution in [-0.2, 0) is 0 Å². The van der Waals surface area contributed by atoms with Crippen molar-refractivity contribution in [3.05, 3.63) is 34.9 Å². The molecule has 0 saturated heterocycles. The van der Waals surface area contributed by atoms with E-state index in [0.29, 0.717) is 5.56 Å². The number of amides is 1. The summed E-state index contributed by atoms with van der Waals surface area (Å²) in [6, 6.07) is 4.80. The number of rotatable bonds is 2. The van der Waals surface area contributed by atoms with E-state index in [4.69, 9.17) is 5.73 Å². The Hall–Kier alpha value is -2.00. The van der Waals surface area contributed by atoms with Gasteiger partial charge >= 0.3 is 6.18 Å². The normalized spacial score (nSPS) is 15.9. The first-order valence-electron chi connectivity index (χ1n) is 6.48. The second-order valence-electron chi connectivity index (χ2n) is 5.09. The Balaban J connectivity index is 2.28. The van der Waals surface area contributed by atoms with Gasteiger partial charge in [-0.05, 0) is 37.5 Å². The second kappa shape index (κ2) is 5.41.